The third kappa shape index (κ3) is 4.01. The first-order valence-corrected chi connectivity index (χ1v) is 10.0. The van der Waals surface area contributed by atoms with E-state index in [1.165, 1.54) is 0 Å². The lowest BCUT2D eigenvalue weighted by Gasteiger charge is -2.33. The van der Waals surface area contributed by atoms with E-state index in [-0.39, 0.29) is 11.5 Å². The van der Waals surface area contributed by atoms with Crippen LogP contribution in [0, 0.1) is 11.8 Å². The van der Waals surface area contributed by atoms with Gasteiger partial charge in [0.1, 0.15) is 5.82 Å². The number of aromatic amines is 2. The van der Waals surface area contributed by atoms with E-state index in [0.29, 0.717) is 29.6 Å². The zero-order chi connectivity index (χ0) is 19.5. The Bertz CT molecular complexity index is 1010. The van der Waals surface area contributed by atoms with Crippen molar-refractivity contribution in [1.29, 1.82) is 0 Å². The van der Waals surface area contributed by atoms with Gasteiger partial charge in [-0.1, -0.05) is 30.4 Å². The van der Waals surface area contributed by atoms with Gasteiger partial charge >= 0.3 is 5.69 Å². The second kappa shape index (κ2) is 8.00. The van der Waals surface area contributed by atoms with Gasteiger partial charge in [-0.25, -0.2) is 9.78 Å². The van der Waals surface area contributed by atoms with E-state index in [0.717, 1.165) is 43.5 Å². The highest BCUT2D eigenvalue weighted by atomic mass is 16.2. The van der Waals surface area contributed by atoms with Crippen LogP contribution in [0.4, 0.5) is 5.82 Å². The molecule has 2 heterocycles. The van der Waals surface area contributed by atoms with E-state index in [4.69, 9.17) is 5.73 Å². The highest BCUT2D eigenvalue weighted by Crippen LogP contribution is 2.40. The largest absolute Gasteiger partial charge is 0.384 e. The number of nitrogen functional groups attached to an aromatic ring is 1. The summed E-state index contributed by atoms with van der Waals surface area (Å²) in [5.74, 6) is 1.91. The summed E-state index contributed by atoms with van der Waals surface area (Å²) in [6.45, 7) is 0. The normalized spacial score (nSPS) is 24.4. The molecule has 0 radical (unpaired) electrons. The molecule has 6 heteroatoms. The zero-order valence-corrected chi connectivity index (χ0v) is 15.9. The average Bonchev–Trinajstić information content (AvgIpc) is 2.71. The molecule has 4 N–H and O–H groups in total. The topological polar surface area (TPSA) is 105 Å². The van der Waals surface area contributed by atoms with Crippen molar-refractivity contribution in [1.82, 2.24) is 15.0 Å². The first-order chi connectivity index (χ1) is 13.6. The third-order valence-corrected chi connectivity index (χ3v) is 6.06. The van der Waals surface area contributed by atoms with Crippen molar-refractivity contribution >= 4 is 5.82 Å². The van der Waals surface area contributed by atoms with E-state index in [2.05, 4.69) is 39.3 Å². The molecule has 2 aliphatic rings. The van der Waals surface area contributed by atoms with E-state index >= 15 is 0 Å². The fourth-order valence-corrected chi connectivity index (χ4v) is 4.62. The van der Waals surface area contributed by atoms with Crippen molar-refractivity contribution in [3.05, 3.63) is 80.3 Å². The third-order valence-electron chi connectivity index (χ3n) is 6.06. The van der Waals surface area contributed by atoms with Crippen LogP contribution in [0.2, 0.25) is 0 Å². The van der Waals surface area contributed by atoms with Crippen LogP contribution < -0.4 is 17.0 Å². The number of nitrogens with one attached hydrogen (secondary N) is 2. The van der Waals surface area contributed by atoms with E-state index in [9.17, 15) is 9.59 Å². The van der Waals surface area contributed by atoms with Gasteiger partial charge in [0, 0.05) is 23.4 Å². The van der Waals surface area contributed by atoms with Crippen LogP contribution in [0.5, 0.6) is 0 Å². The monoisotopic (exact) mass is 378 g/mol. The summed E-state index contributed by atoms with van der Waals surface area (Å²) in [5.41, 5.74) is 7.11. The van der Waals surface area contributed by atoms with Gasteiger partial charge in [-0.2, -0.15) is 0 Å². The number of nitrogens with two attached hydrogens (primary N) is 1. The number of rotatable bonds is 4. The lowest BCUT2D eigenvalue weighted by molar-refractivity contribution is 0.262. The molecule has 1 unspecified atom stereocenters. The first kappa shape index (κ1) is 18.5. The molecule has 6 nitrogen and oxygen atoms in total. The van der Waals surface area contributed by atoms with Crippen LogP contribution in [0.1, 0.15) is 55.0 Å². The van der Waals surface area contributed by atoms with Gasteiger partial charge in [0.15, 0.2) is 0 Å². The lowest BCUT2D eigenvalue weighted by atomic mass is 9.72. The Kier molecular flexibility index (Phi) is 5.28. The predicted molar refractivity (Wildman–Crippen MR) is 110 cm³/mol. The number of allylic oxidation sites excluding steroid dienone is 4. The number of hydrogen-bond donors (Lipinski definition) is 3. The molecule has 2 aliphatic carbocycles. The minimum Gasteiger partial charge on any atom is -0.384 e. The predicted octanol–water partition coefficient (Wildman–Crippen LogP) is 3.04. The highest BCUT2D eigenvalue weighted by molar-refractivity contribution is 5.32. The Hall–Kier alpha value is -2.89. The smallest absolute Gasteiger partial charge is 0.325 e. The number of hydrogen-bond acceptors (Lipinski definition) is 4. The Morgan fingerprint density at radius 1 is 1.07 bits per heavy atom. The maximum atomic E-state index is 12.6. The summed E-state index contributed by atoms with van der Waals surface area (Å²) in [5, 5.41) is 0. The molecule has 146 valence electrons. The molecule has 1 fully saturated rings. The molecular formula is C22H26N4O2. The number of nitrogens with zero attached hydrogens (tertiary/aromatic N) is 1. The summed E-state index contributed by atoms with van der Waals surface area (Å²) < 4.78 is 0. The quantitative estimate of drug-likeness (QED) is 0.760. The minimum absolute atomic E-state index is 0.199. The van der Waals surface area contributed by atoms with Crippen LogP contribution >= 0.6 is 0 Å². The number of aromatic nitrogens is 3. The van der Waals surface area contributed by atoms with Gasteiger partial charge < -0.3 is 10.7 Å². The Labute approximate surface area is 163 Å². The molecule has 1 atom stereocenters. The van der Waals surface area contributed by atoms with Crippen molar-refractivity contribution < 1.29 is 0 Å². The SMILES string of the molecule is Nc1cccc(Cc2c(C3CCC(C4C=CC=CC4)CC3)[nH]c(=O)[nH]c2=O)n1. The molecule has 1 saturated carbocycles. The zero-order valence-electron chi connectivity index (χ0n) is 15.9. The van der Waals surface area contributed by atoms with Crippen molar-refractivity contribution in [2.45, 2.75) is 44.4 Å². The summed E-state index contributed by atoms with van der Waals surface area (Å²) in [7, 11) is 0. The molecule has 4 rings (SSSR count). The van der Waals surface area contributed by atoms with Gasteiger partial charge in [0.25, 0.3) is 5.56 Å². The second-order valence-electron chi connectivity index (χ2n) is 7.86. The molecule has 0 aliphatic heterocycles. The number of anilines is 1. The molecule has 2 aromatic heterocycles. The fourth-order valence-electron chi connectivity index (χ4n) is 4.62. The summed E-state index contributed by atoms with van der Waals surface area (Å²) in [6.07, 6.45) is 14.5. The van der Waals surface area contributed by atoms with Gasteiger partial charge in [-0.15, -0.1) is 0 Å². The number of H-pyrrole nitrogens is 2. The molecule has 2 aromatic rings. The Morgan fingerprint density at radius 2 is 1.89 bits per heavy atom. The fraction of sp³-hybridized carbons (Fsp3) is 0.409. The van der Waals surface area contributed by atoms with Crippen molar-refractivity contribution in [3.8, 4) is 0 Å². The van der Waals surface area contributed by atoms with Gasteiger partial charge in [-0.05, 0) is 62.0 Å². The molecule has 0 amide bonds. The summed E-state index contributed by atoms with van der Waals surface area (Å²) >= 11 is 0. The van der Waals surface area contributed by atoms with E-state index in [1.54, 1.807) is 6.07 Å². The van der Waals surface area contributed by atoms with Crippen LogP contribution in [-0.4, -0.2) is 15.0 Å². The van der Waals surface area contributed by atoms with E-state index in [1.807, 2.05) is 12.1 Å². The van der Waals surface area contributed by atoms with Crippen molar-refractivity contribution in [3.63, 3.8) is 0 Å². The molecular weight excluding hydrogens is 352 g/mol. The molecule has 0 saturated heterocycles. The van der Waals surface area contributed by atoms with Crippen LogP contribution in [-0.2, 0) is 6.42 Å². The highest BCUT2D eigenvalue weighted by Gasteiger charge is 2.29. The van der Waals surface area contributed by atoms with Crippen LogP contribution in [0.15, 0.2) is 52.1 Å². The van der Waals surface area contributed by atoms with Crippen LogP contribution in [0.25, 0.3) is 0 Å². The van der Waals surface area contributed by atoms with Gasteiger partial charge in [0.2, 0.25) is 0 Å². The van der Waals surface area contributed by atoms with Gasteiger partial charge in [0.05, 0.1) is 0 Å². The Morgan fingerprint density at radius 3 is 2.61 bits per heavy atom. The molecule has 0 aromatic carbocycles. The molecule has 0 bridgehead atoms. The standard InChI is InChI=1S/C22H26N4O2/c23-19-8-4-7-17(24-19)13-18-20(25-22(28)26-21(18)27)16-11-9-15(10-12-16)14-5-2-1-3-6-14/h1-5,7-8,14-16H,6,9-13H2,(H2,23,24)(H2,25,26,27,28). The number of pyridine rings is 1. The van der Waals surface area contributed by atoms with Gasteiger partial charge in [-0.3, -0.25) is 9.78 Å². The first-order valence-electron chi connectivity index (χ1n) is 10.0. The minimum atomic E-state index is -0.438. The summed E-state index contributed by atoms with van der Waals surface area (Å²) in [6, 6.07) is 5.40. The van der Waals surface area contributed by atoms with Crippen molar-refractivity contribution in [2.24, 2.45) is 11.8 Å². The van der Waals surface area contributed by atoms with Crippen LogP contribution in [0.3, 0.4) is 0 Å². The van der Waals surface area contributed by atoms with Crippen molar-refractivity contribution in [2.75, 3.05) is 5.73 Å². The second-order valence-corrected chi connectivity index (χ2v) is 7.86. The summed E-state index contributed by atoms with van der Waals surface area (Å²) in [4.78, 5) is 34.1. The lowest BCUT2D eigenvalue weighted by Crippen LogP contribution is -2.31. The van der Waals surface area contributed by atoms with E-state index < -0.39 is 5.69 Å². The Balaban J connectivity index is 1.56. The molecule has 0 spiro atoms. The molecule has 28 heavy (non-hydrogen) atoms. The maximum absolute atomic E-state index is 12.6. The maximum Gasteiger partial charge on any atom is 0.325 e. The average molecular weight is 378 g/mol.